The van der Waals surface area contributed by atoms with Gasteiger partial charge in [-0.2, -0.15) is 0 Å². The summed E-state index contributed by atoms with van der Waals surface area (Å²) in [6.07, 6.45) is 1.95. The average molecular weight is 536 g/mol. The van der Waals surface area contributed by atoms with E-state index in [9.17, 15) is 23.6 Å². The van der Waals surface area contributed by atoms with Crippen molar-refractivity contribution in [2.75, 3.05) is 22.7 Å². The third kappa shape index (κ3) is 6.31. The van der Waals surface area contributed by atoms with E-state index in [4.69, 9.17) is 0 Å². The molecular weight excluding hydrogens is 504 g/mol. The number of non-ortho nitro benzene ring substituents is 1. The summed E-state index contributed by atoms with van der Waals surface area (Å²) in [4.78, 5) is 16.6. The lowest BCUT2D eigenvalue weighted by atomic mass is 9.91. The van der Waals surface area contributed by atoms with Crippen LogP contribution in [-0.4, -0.2) is 32.3 Å². The van der Waals surface area contributed by atoms with E-state index in [-0.39, 0.29) is 21.8 Å². The zero-order chi connectivity index (χ0) is 27.4. The van der Waals surface area contributed by atoms with E-state index in [2.05, 4.69) is 28.5 Å². The van der Waals surface area contributed by atoms with Crippen LogP contribution < -0.4 is 14.7 Å². The monoisotopic (exact) mass is 535 g/mol. The molecule has 200 valence electrons. The first kappa shape index (κ1) is 27.1. The van der Waals surface area contributed by atoms with Crippen LogP contribution in [0.4, 0.5) is 22.7 Å². The van der Waals surface area contributed by atoms with Gasteiger partial charge in [0.1, 0.15) is 0 Å². The summed E-state index contributed by atoms with van der Waals surface area (Å²) in [6.45, 7) is 7.85. The predicted octanol–water partition coefficient (Wildman–Crippen LogP) is 4.88. The maximum Gasteiger partial charge on any atom is 0.269 e. The Labute approximate surface area is 223 Å². The lowest BCUT2D eigenvalue weighted by molar-refractivity contribution is -0.384. The molecule has 3 aromatic carbocycles. The minimum absolute atomic E-state index is 0.119. The van der Waals surface area contributed by atoms with Gasteiger partial charge in [-0.15, -0.1) is 0 Å². The van der Waals surface area contributed by atoms with Gasteiger partial charge in [0, 0.05) is 25.2 Å². The van der Waals surface area contributed by atoms with Gasteiger partial charge in [-0.25, -0.2) is 8.42 Å². The van der Waals surface area contributed by atoms with E-state index >= 15 is 0 Å². The van der Waals surface area contributed by atoms with Crippen LogP contribution in [0.15, 0.2) is 76.6 Å². The van der Waals surface area contributed by atoms with Crippen LogP contribution in [-0.2, 0) is 16.4 Å². The van der Waals surface area contributed by atoms with Crippen LogP contribution in [0.5, 0.6) is 0 Å². The lowest BCUT2D eigenvalue weighted by Gasteiger charge is -2.37. The molecule has 10 heteroatoms. The maximum atomic E-state index is 13.3. The normalized spacial score (nSPS) is 18.3. The van der Waals surface area contributed by atoms with Crippen LogP contribution in [0, 0.1) is 22.0 Å². The Bertz CT molecular complexity index is 1430. The first-order valence-corrected chi connectivity index (χ1v) is 14.1. The number of hydrogen-bond donors (Lipinski definition) is 1. The molecule has 1 heterocycles. The van der Waals surface area contributed by atoms with Crippen molar-refractivity contribution in [3.8, 4) is 0 Å². The quantitative estimate of drug-likeness (QED) is 0.190. The van der Waals surface area contributed by atoms with E-state index < -0.39 is 20.8 Å². The Morgan fingerprint density at radius 3 is 2.24 bits per heavy atom. The van der Waals surface area contributed by atoms with E-state index in [1.807, 2.05) is 19.1 Å². The summed E-state index contributed by atoms with van der Waals surface area (Å²) in [7, 11) is -4.09. The van der Waals surface area contributed by atoms with E-state index in [0.29, 0.717) is 23.2 Å². The summed E-state index contributed by atoms with van der Waals surface area (Å²) >= 11 is 0. The van der Waals surface area contributed by atoms with Crippen LogP contribution in [0.1, 0.15) is 38.3 Å². The zero-order valence-electron chi connectivity index (χ0n) is 21.6. The predicted molar refractivity (Wildman–Crippen MR) is 148 cm³/mol. The van der Waals surface area contributed by atoms with Gasteiger partial charge in [0.2, 0.25) is 0 Å². The van der Waals surface area contributed by atoms with Crippen molar-refractivity contribution in [2.24, 2.45) is 16.8 Å². The number of nitro groups is 1. The molecule has 1 fully saturated rings. The Balaban J connectivity index is 1.72. The van der Waals surface area contributed by atoms with Gasteiger partial charge in [0.25, 0.3) is 15.7 Å². The van der Waals surface area contributed by atoms with Crippen LogP contribution in [0.25, 0.3) is 0 Å². The number of rotatable bonds is 8. The standard InChI is InChI=1S/C28H32N4O5S/c1-4-21-5-8-23(9-6-21)29-28(33)22-7-14-27(31-17-19(2)15-20(3)18-31)26(16-22)30-38(36,37)25-12-10-24(11-13-25)32(34)35/h5-14,16,19-20,30H,4,15,17-18H2,1-3H3,(H,29,33)/p-1. The molecule has 0 radical (unpaired) electrons. The summed E-state index contributed by atoms with van der Waals surface area (Å²) in [5.74, 6) is 0.345. The SMILES string of the molecule is CCc1ccc(N=C([O-])c2ccc(N3CC(C)CC(C)C3)c(NS(=O)(=O)c3ccc([N+](=O)[O-])cc3)c2)cc1. The number of hydrogen-bond acceptors (Lipinski definition) is 7. The summed E-state index contributed by atoms with van der Waals surface area (Å²) in [6, 6.07) is 17.0. The highest BCUT2D eigenvalue weighted by atomic mass is 32.2. The molecule has 1 aliphatic rings. The summed E-state index contributed by atoms with van der Waals surface area (Å²) in [5, 5.41) is 24.0. The average Bonchev–Trinajstić information content (AvgIpc) is 2.88. The molecule has 3 aromatic rings. The number of nitrogens with zero attached hydrogens (tertiary/aromatic N) is 3. The van der Waals surface area contributed by atoms with Crippen molar-refractivity contribution in [1.29, 1.82) is 0 Å². The van der Waals surface area contributed by atoms with Crippen LogP contribution >= 0.6 is 0 Å². The number of benzene rings is 3. The molecule has 1 N–H and O–H groups in total. The molecule has 1 saturated heterocycles. The Morgan fingerprint density at radius 1 is 1.03 bits per heavy atom. The molecule has 0 saturated carbocycles. The largest absolute Gasteiger partial charge is 0.858 e. The number of nitrogens with one attached hydrogen (secondary N) is 1. The van der Waals surface area contributed by atoms with Gasteiger partial charge in [-0.05, 0) is 78.1 Å². The summed E-state index contributed by atoms with van der Waals surface area (Å²) < 4.78 is 29.2. The second-order valence-electron chi connectivity index (χ2n) is 9.88. The number of aliphatic imine (C=N–C) groups is 1. The molecule has 0 bridgehead atoms. The molecule has 0 spiro atoms. The van der Waals surface area contributed by atoms with E-state index in [1.165, 1.54) is 18.2 Å². The van der Waals surface area contributed by atoms with Gasteiger partial charge < -0.3 is 10.0 Å². The Hall–Kier alpha value is -3.92. The van der Waals surface area contributed by atoms with E-state index in [1.54, 1.807) is 24.3 Å². The van der Waals surface area contributed by atoms with Crippen molar-refractivity contribution in [3.63, 3.8) is 0 Å². The summed E-state index contributed by atoms with van der Waals surface area (Å²) in [5.41, 5.74) is 2.61. The Kier molecular flexibility index (Phi) is 8.01. The number of piperidine rings is 1. The topological polar surface area (TPSA) is 128 Å². The molecule has 9 nitrogen and oxygen atoms in total. The second kappa shape index (κ2) is 11.2. The molecule has 0 aliphatic carbocycles. The lowest BCUT2D eigenvalue weighted by Crippen LogP contribution is -2.39. The Morgan fingerprint density at radius 2 is 1.66 bits per heavy atom. The van der Waals surface area contributed by atoms with Crippen LogP contribution in [0.2, 0.25) is 0 Å². The van der Waals surface area contributed by atoms with Crippen molar-refractivity contribution in [1.82, 2.24) is 0 Å². The van der Waals surface area contributed by atoms with Gasteiger partial charge in [-0.1, -0.05) is 39.0 Å². The smallest absolute Gasteiger partial charge is 0.269 e. The van der Waals surface area contributed by atoms with Gasteiger partial charge in [0.15, 0.2) is 0 Å². The third-order valence-corrected chi connectivity index (χ3v) is 8.01. The molecule has 0 aromatic heterocycles. The number of anilines is 2. The van der Waals surface area contributed by atoms with Crippen molar-refractivity contribution in [3.05, 3.63) is 88.0 Å². The van der Waals surface area contributed by atoms with Crippen LogP contribution in [0.3, 0.4) is 0 Å². The molecular formula is C28H31N4O5S-. The first-order chi connectivity index (χ1) is 18.1. The molecule has 0 amide bonds. The van der Waals surface area contributed by atoms with E-state index in [0.717, 1.165) is 43.6 Å². The third-order valence-electron chi connectivity index (χ3n) is 6.63. The minimum atomic E-state index is -4.09. The fourth-order valence-corrected chi connectivity index (χ4v) is 5.89. The molecule has 1 aliphatic heterocycles. The maximum absolute atomic E-state index is 13.3. The number of sulfonamides is 1. The fourth-order valence-electron chi connectivity index (χ4n) is 4.82. The molecule has 2 unspecified atom stereocenters. The highest BCUT2D eigenvalue weighted by molar-refractivity contribution is 7.92. The molecule has 4 rings (SSSR count). The highest BCUT2D eigenvalue weighted by Crippen LogP contribution is 2.34. The van der Waals surface area contributed by atoms with Crippen molar-refractivity contribution < 1.29 is 18.4 Å². The first-order valence-electron chi connectivity index (χ1n) is 12.6. The second-order valence-corrected chi connectivity index (χ2v) is 11.6. The highest BCUT2D eigenvalue weighted by Gasteiger charge is 2.26. The zero-order valence-corrected chi connectivity index (χ0v) is 22.4. The molecule has 2 atom stereocenters. The van der Waals surface area contributed by atoms with Gasteiger partial charge in [-0.3, -0.25) is 19.8 Å². The number of aryl methyl sites for hydroxylation is 1. The van der Waals surface area contributed by atoms with Gasteiger partial charge in [0.05, 0.1) is 26.9 Å². The fraction of sp³-hybridized carbons (Fsp3) is 0.321. The van der Waals surface area contributed by atoms with Crippen molar-refractivity contribution in [2.45, 2.75) is 38.5 Å². The van der Waals surface area contributed by atoms with Gasteiger partial charge >= 0.3 is 0 Å². The number of nitro benzene ring substituents is 1. The molecule has 38 heavy (non-hydrogen) atoms. The van der Waals surface area contributed by atoms with Crippen molar-refractivity contribution >= 4 is 38.7 Å². The minimum Gasteiger partial charge on any atom is -0.858 e.